The van der Waals surface area contributed by atoms with E-state index in [0.717, 1.165) is 12.8 Å². The number of halogens is 2. The maximum atomic E-state index is 15.2. The summed E-state index contributed by atoms with van der Waals surface area (Å²) in [5, 5.41) is 9.43. The lowest BCUT2D eigenvalue weighted by atomic mass is 9.97. The number of hydrogen-bond donors (Lipinski definition) is 2. The molecular formula is C20H17F2N5O. The number of anilines is 2. The third kappa shape index (κ3) is 3.34. The number of rotatable bonds is 3. The third-order valence-electron chi connectivity index (χ3n) is 4.61. The topological polar surface area (TPSA) is 105 Å². The Morgan fingerprint density at radius 3 is 2.61 bits per heavy atom. The van der Waals surface area contributed by atoms with E-state index in [1.807, 2.05) is 0 Å². The number of nitriles is 1. The van der Waals surface area contributed by atoms with Crippen molar-refractivity contribution in [2.75, 3.05) is 11.1 Å². The van der Waals surface area contributed by atoms with Crippen LogP contribution in [0.3, 0.4) is 0 Å². The number of nitrogens with zero attached hydrogens (tertiary/aromatic N) is 3. The van der Waals surface area contributed by atoms with Crippen molar-refractivity contribution in [2.24, 2.45) is 5.92 Å². The van der Waals surface area contributed by atoms with E-state index in [1.165, 1.54) is 18.5 Å². The van der Waals surface area contributed by atoms with Crippen LogP contribution in [0, 0.1) is 36.3 Å². The molecule has 6 nitrogen and oxygen atoms in total. The Morgan fingerprint density at radius 2 is 1.96 bits per heavy atom. The summed E-state index contributed by atoms with van der Waals surface area (Å²) < 4.78 is 30.0. The number of hydrogen-bond acceptors (Lipinski definition) is 5. The molecule has 1 fully saturated rings. The van der Waals surface area contributed by atoms with Gasteiger partial charge in [0.05, 0.1) is 11.3 Å². The Hall–Kier alpha value is -3.60. The van der Waals surface area contributed by atoms with Crippen molar-refractivity contribution >= 4 is 28.2 Å². The van der Waals surface area contributed by atoms with Crippen LogP contribution in [0.1, 0.15) is 18.4 Å². The van der Waals surface area contributed by atoms with Crippen LogP contribution in [0.2, 0.25) is 0 Å². The quantitative estimate of drug-likeness (QED) is 0.668. The van der Waals surface area contributed by atoms with Gasteiger partial charge in [0.25, 0.3) is 0 Å². The Balaban J connectivity index is 0.00000109. The zero-order chi connectivity index (χ0) is 20.4. The molecule has 8 heteroatoms. The number of benzene rings is 1. The van der Waals surface area contributed by atoms with Crippen molar-refractivity contribution in [3.63, 3.8) is 0 Å². The number of nitrogens with one attached hydrogen (secondary N) is 1. The molecule has 1 aliphatic carbocycles. The second kappa shape index (κ2) is 7.56. The minimum absolute atomic E-state index is 0.00997. The number of carbonyl (C=O) groups is 1. The van der Waals surface area contributed by atoms with Gasteiger partial charge in [-0.05, 0) is 37.5 Å². The molecule has 28 heavy (non-hydrogen) atoms. The highest BCUT2D eigenvalue weighted by atomic mass is 19.1. The van der Waals surface area contributed by atoms with E-state index in [2.05, 4.69) is 21.9 Å². The molecule has 2 heterocycles. The van der Waals surface area contributed by atoms with E-state index in [9.17, 15) is 9.18 Å². The van der Waals surface area contributed by atoms with Gasteiger partial charge in [0.15, 0.2) is 5.82 Å². The van der Waals surface area contributed by atoms with Gasteiger partial charge < -0.3 is 11.1 Å². The third-order valence-corrected chi connectivity index (χ3v) is 4.61. The van der Waals surface area contributed by atoms with Crippen molar-refractivity contribution in [1.82, 2.24) is 9.97 Å². The van der Waals surface area contributed by atoms with Crippen LogP contribution in [0.25, 0.3) is 21.9 Å². The van der Waals surface area contributed by atoms with Crippen LogP contribution in [-0.4, -0.2) is 15.9 Å². The highest BCUT2D eigenvalue weighted by Gasteiger charge is 2.30. The number of nitrogen functional groups attached to an aromatic ring is 1. The lowest BCUT2D eigenvalue weighted by molar-refractivity contribution is -0.117. The van der Waals surface area contributed by atoms with Gasteiger partial charge in [-0.15, -0.1) is 0 Å². The fourth-order valence-electron chi connectivity index (χ4n) is 2.94. The Labute approximate surface area is 160 Å². The first-order valence-electron chi connectivity index (χ1n) is 8.51. The molecule has 2 aromatic heterocycles. The van der Waals surface area contributed by atoms with Gasteiger partial charge in [0.2, 0.25) is 5.91 Å². The zero-order valence-corrected chi connectivity index (χ0v) is 15.0. The number of nitrogens with two attached hydrogens (primary N) is 1. The van der Waals surface area contributed by atoms with E-state index in [-0.39, 0.29) is 39.7 Å². The van der Waals surface area contributed by atoms with Gasteiger partial charge in [-0.3, -0.25) is 9.78 Å². The molecule has 0 unspecified atom stereocenters. The molecule has 3 N–H and O–H groups in total. The van der Waals surface area contributed by atoms with Crippen molar-refractivity contribution in [1.29, 1.82) is 5.26 Å². The van der Waals surface area contributed by atoms with Gasteiger partial charge in [0, 0.05) is 47.4 Å². The maximum Gasteiger partial charge on any atom is 0.228 e. The monoisotopic (exact) mass is 381 g/mol. The Bertz CT molecular complexity index is 1090. The van der Waals surface area contributed by atoms with E-state index < -0.39 is 11.6 Å². The van der Waals surface area contributed by atoms with E-state index >= 15 is 4.39 Å². The van der Waals surface area contributed by atoms with Gasteiger partial charge in [-0.2, -0.15) is 0 Å². The summed E-state index contributed by atoms with van der Waals surface area (Å²) >= 11 is 0. The SMILES string of the molecule is C#N.Cc1ccncc1-c1c(F)c(N)c2cnc(NC(=O)C3CC3)cc2c1F. The van der Waals surface area contributed by atoms with Crippen LogP contribution < -0.4 is 11.1 Å². The summed E-state index contributed by atoms with van der Waals surface area (Å²) in [7, 11) is 0. The fraction of sp³-hybridized carbons (Fsp3) is 0.200. The normalized spacial score (nSPS) is 12.9. The maximum absolute atomic E-state index is 15.2. The van der Waals surface area contributed by atoms with Crippen molar-refractivity contribution < 1.29 is 13.6 Å². The fourth-order valence-corrected chi connectivity index (χ4v) is 2.94. The summed E-state index contributed by atoms with van der Waals surface area (Å²) in [5.74, 6) is -1.54. The minimum atomic E-state index is -0.845. The van der Waals surface area contributed by atoms with Crippen molar-refractivity contribution in [3.05, 3.63) is 47.9 Å². The Kier molecular flexibility index (Phi) is 5.18. The van der Waals surface area contributed by atoms with Gasteiger partial charge >= 0.3 is 0 Å². The molecule has 0 saturated heterocycles. The predicted octanol–water partition coefficient (Wildman–Crippen LogP) is 3.95. The number of fused-ring (bicyclic) bond motifs is 1. The molecule has 1 aromatic carbocycles. The van der Waals surface area contributed by atoms with Crippen LogP contribution >= 0.6 is 0 Å². The zero-order valence-electron chi connectivity index (χ0n) is 15.0. The molecule has 142 valence electrons. The van der Waals surface area contributed by atoms with Gasteiger partial charge in [-0.1, -0.05) is 0 Å². The number of aryl methyl sites for hydroxylation is 1. The lowest BCUT2D eigenvalue weighted by Crippen LogP contribution is -2.14. The molecule has 1 aliphatic rings. The molecule has 1 amide bonds. The summed E-state index contributed by atoms with van der Waals surface area (Å²) in [4.78, 5) is 19.9. The van der Waals surface area contributed by atoms with Crippen molar-refractivity contribution in [3.8, 4) is 17.7 Å². The molecule has 0 spiro atoms. The lowest BCUT2D eigenvalue weighted by Gasteiger charge is -2.14. The smallest absolute Gasteiger partial charge is 0.228 e. The molecular weight excluding hydrogens is 364 g/mol. The second-order valence-corrected chi connectivity index (χ2v) is 6.49. The average molecular weight is 381 g/mol. The first-order chi connectivity index (χ1) is 13.5. The highest BCUT2D eigenvalue weighted by Crippen LogP contribution is 2.38. The van der Waals surface area contributed by atoms with Crippen LogP contribution in [0.15, 0.2) is 30.7 Å². The molecule has 0 radical (unpaired) electrons. The van der Waals surface area contributed by atoms with Crippen LogP contribution in [0.4, 0.5) is 20.3 Å². The summed E-state index contributed by atoms with van der Waals surface area (Å²) in [6.07, 6.45) is 5.92. The largest absolute Gasteiger partial charge is 0.396 e. The minimum Gasteiger partial charge on any atom is -0.396 e. The number of pyridine rings is 2. The van der Waals surface area contributed by atoms with E-state index in [0.29, 0.717) is 11.1 Å². The van der Waals surface area contributed by atoms with E-state index in [1.54, 1.807) is 19.2 Å². The number of aromatic nitrogens is 2. The summed E-state index contributed by atoms with van der Waals surface area (Å²) in [5.41, 5.74) is 6.48. The van der Waals surface area contributed by atoms with E-state index in [4.69, 9.17) is 11.0 Å². The van der Waals surface area contributed by atoms with Crippen LogP contribution in [0.5, 0.6) is 0 Å². The average Bonchev–Trinajstić information content (AvgIpc) is 3.55. The second-order valence-electron chi connectivity index (χ2n) is 6.49. The molecule has 1 saturated carbocycles. The number of amides is 1. The molecule has 4 rings (SSSR count). The summed E-state index contributed by atoms with van der Waals surface area (Å²) in [6.45, 7) is 5.24. The molecule has 3 aromatic rings. The first-order valence-corrected chi connectivity index (χ1v) is 8.51. The molecule has 0 bridgehead atoms. The highest BCUT2D eigenvalue weighted by molar-refractivity contribution is 6.00. The molecule has 0 aliphatic heterocycles. The van der Waals surface area contributed by atoms with Gasteiger partial charge in [0.1, 0.15) is 11.6 Å². The standard InChI is InChI=1S/C19H16F2N4O.CHN/c1-9-4-5-23-7-12(9)15-16(20)11-6-14(25-19(26)10-2-3-10)24-8-13(11)18(22)17(15)21;1-2/h4-8,10H,2-3,22H2,1H3,(H,24,25,26);1H. The number of carbonyl (C=O) groups excluding carboxylic acids is 1. The van der Waals surface area contributed by atoms with Crippen molar-refractivity contribution in [2.45, 2.75) is 19.8 Å². The first kappa shape index (κ1) is 19.2. The Morgan fingerprint density at radius 1 is 1.25 bits per heavy atom. The van der Waals surface area contributed by atoms with Gasteiger partial charge in [-0.25, -0.2) is 19.0 Å². The predicted molar refractivity (Wildman–Crippen MR) is 102 cm³/mol. The van der Waals surface area contributed by atoms with Crippen LogP contribution in [-0.2, 0) is 4.79 Å². The summed E-state index contributed by atoms with van der Waals surface area (Å²) in [6, 6.07) is 3.05. The molecule has 0 atom stereocenters.